The molecule has 0 spiro atoms. The smallest absolute Gasteiger partial charge is 0.273 e. The second-order valence-electron chi connectivity index (χ2n) is 7.38. The molecule has 1 fully saturated rings. The molecule has 0 atom stereocenters. The predicted molar refractivity (Wildman–Crippen MR) is 111 cm³/mol. The lowest BCUT2D eigenvalue weighted by atomic mass is 10.2. The van der Waals surface area contributed by atoms with Gasteiger partial charge in [0.15, 0.2) is 0 Å². The molecule has 6 heteroatoms. The number of hydrogen-bond acceptors (Lipinski definition) is 4. The van der Waals surface area contributed by atoms with Crippen LogP contribution >= 0.6 is 0 Å². The first-order chi connectivity index (χ1) is 14.2. The highest BCUT2D eigenvalue weighted by Crippen LogP contribution is 2.30. The largest absolute Gasteiger partial charge is 0.446 e. The maximum Gasteiger partial charge on any atom is 0.273 e. The van der Waals surface area contributed by atoms with Gasteiger partial charge in [-0.05, 0) is 24.3 Å². The molecular formula is C23H23N4O2+. The maximum absolute atomic E-state index is 12.7. The fraction of sp³-hybridized carbons (Fsp3) is 0.261. The first-order valence-electron chi connectivity index (χ1n) is 10.1. The Kier molecular flexibility index (Phi) is 4.48. The van der Waals surface area contributed by atoms with E-state index in [1.807, 2.05) is 59.5 Å². The topological polar surface area (TPSA) is 63.7 Å². The fourth-order valence-corrected chi connectivity index (χ4v) is 4.01. The van der Waals surface area contributed by atoms with E-state index < -0.39 is 0 Å². The average Bonchev–Trinajstić information content (AvgIpc) is 3.17. The fourth-order valence-electron chi connectivity index (χ4n) is 4.01. The zero-order chi connectivity index (χ0) is 19.8. The molecule has 0 unspecified atom stereocenters. The molecule has 1 saturated heterocycles. The van der Waals surface area contributed by atoms with Gasteiger partial charge in [-0.2, -0.15) is 4.98 Å². The Morgan fingerprint density at radius 1 is 1.03 bits per heavy atom. The third-order valence-electron chi connectivity index (χ3n) is 5.59. The molecule has 29 heavy (non-hydrogen) atoms. The van der Waals surface area contributed by atoms with E-state index in [-0.39, 0.29) is 5.91 Å². The number of quaternary nitrogens is 1. The summed E-state index contributed by atoms with van der Waals surface area (Å²) in [6.07, 6.45) is 0.772. The van der Waals surface area contributed by atoms with Crippen LogP contribution in [0.2, 0.25) is 0 Å². The second-order valence-corrected chi connectivity index (χ2v) is 7.38. The van der Waals surface area contributed by atoms with Gasteiger partial charge in [0.25, 0.3) is 11.7 Å². The van der Waals surface area contributed by atoms with Crippen molar-refractivity contribution in [2.24, 2.45) is 0 Å². The number of carbonyl (C=O) groups is 1. The van der Waals surface area contributed by atoms with Crippen molar-refractivity contribution in [3.63, 3.8) is 0 Å². The standard InChI is InChI=1S/C23H22N4O2/c1-2-19-24-20-17-10-6-7-11-18(17)29-21(20)22(25-19)26-12-14-27(15-13-26)23(28)16-8-4-3-5-9-16/h3-11H,2,12-15H2,1H3/p+1. The molecule has 0 aliphatic carbocycles. The van der Waals surface area contributed by atoms with Crippen LogP contribution in [0.15, 0.2) is 59.0 Å². The number of nitrogens with one attached hydrogen (secondary N) is 1. The minimum atomic E-state index is 0.0930. The molecule has 6 nitrogen and oxygen atoms in total. The van der Waals surface area contributed by atoms with Gasteiger partial charge in [0.1, 0.15) is 30.0 Å². The van der Waals surface area contributed by atoms with Crippen LogP contribution in [0, 0.1) is 0 Å². The maximum atomic E-state index is 12.7. The van der Waals surface area contributed by atoms with Crippen molar-refractivity contribution in [3.8, 4) is 0 Å². The number of benzene rings is 2. The Hall–Kier alpha value is -3.25. The van der Waals surface area contributed by atoms with Gasteiger partial charge < -0.3 is 9.32 Å². The average molecular weight is 387 g/mol. The van der Waals surface area contributed by atoms with Crippen LogP contribution in [0.25, 0.3) is 22.1 Å². The van der Waals surface area contributed by atoms with Crippen molar-refractivity contribution in [2.75, 3.05) is 26.2 Å². The summed E-state index contributed by atoms with van der Waals surface area (Å²) in [5, 5.41) is 1.03. The molecule has 5 rings (SSSR count). The Morgan fingerprint density at radius 2 is 1.76 bits per heavy atom. The van der Waals surface area contributed by atoms with Crippen LogP contribution in [0.3, 0.4) is 0 Å². The van der Waals surface area contributed by atoms with Gasteiger partial charge in [0.05, 0.1) is 13.1 Å². The minimum Gasteiger partial charge on any atom is -0.446 e. The lowest BCUT2D eigenvalue weighted by Crippen LogP contribution is -3.10. The number of piperazine rings is 1. The quantitative estimate of drug-likeness (QED) is 0.587. The highest BCUT2D eigenvalue weighted by Gasteiger charge is 2.30. The van der Waals surface area contributed by atoms with Crippen molar-refractivity contribution in [2.45, 2.75) is 13.3 Å². The monoisotopic (exact) mass is 387 g/mol. The minimum absolute atomic E-state index is 0.0930. The summed E-state index contributed by atoms with van der Waals surface area (Å²) < 4.78 is 6.15. The summed E-state index contributed by atoms with van der Waals surface area (Å²) in [4.78, 5) is 25.5. The van der Waals surface area contributed by atoms with Crippen molar-refractivity contribution >= 4 is 33.8 Å². The van der Waals surface area contributed by atoms with Crippen LogP contribution in [-0.2, 0) is 6.42 Å². The summed E-state index contributed by atoms with van der Waals surface area (Å²) in [6.45, 7) is 5.04. The van der Waals surface area contributed by atoms with Gasteiger partial charge in [0, 0.05) is 17.4 Å². The number of nitrogens with zero attached hydrogens (tertiary/aromatic N) is 3. The van der Waals surface area contributed by atoms with Gasteiger partial charge in [0.2, 0.25) is 5.58 Å². The molecular weight excluding hydrogens is 364 g/mol. The molecule has 0 bridgehead atoms. The molecule has 0 radical (unpaired) electrons. The van der Waals surface area contributed by atoms with Crippen LogP contribution in [-0.4, -0.2) is 47.0 Å². The highest BCUT2D eigenvalue weighted by molar-refractivity contribution is 6.04. The van der Waals surface area contributed by atoms with Crippen LogP contribution < -0.4 is 4.90 Å². The van der Waals surface area contributed by atoms with Gasteiger partial charge in [-0.15, -0.1) is 0 Å². The van der Waals surface area contributed by atoms with Crippen LogP contribution in [0.1, 0.15) is 23.1 Å². The highest BCUT2D eigenvalue weighted by atomic mass is 16.3. The predicted octanol–water partition coefficient (Wildman–Crippen LogP) is 2.61. The molecule has 146 valence electrons. The molecule has 1 N–H and O–H groups in total. The van der Waals surface area contributed by atoms with E-state index in [4.69, 9.17) is 14.4 Å². The molecule has 1 aliphatic heterocycles. The molecule has 2 aromatic heterocycles. The summed E-state index contributed by atoms with van der Waals surface area (Å²) in [6, 6.07) is 17.5. The zero-order valence-corrected chi connectivity index (χ0v) is 16.4. The number of carbonyl (C=O) groups excluding carboxylic acids is 1. The number of aryl methyl sites for hydroxylation is 1. The van der Waals surface area contributed by atoms with E-state index in [0.717, 1.165) is 58.8 Å². The van der Waals surface area contributed by atoms with E-state index in [1.54, 1.807) is 0 Å². The number of para-hydroxylation sites is 1. The molecule has 0 saturated carbocycles. The summed E-state index contributed by atoms with van der Waals surface area (Å²) >= 11 is 0. The number of furan rings is 1. The molecule has 1 amide bonds. The van der Waals surface area contributed by atoms with Crippen LogP contribution in [0.5, 0.6) is 0 Å². The lowest BCUT2D eigenvalue weighted by molar-refractivity contribution is -0.839. The first-order valence-corrected chi connectivity index (χ1v) is 10.1. The first kappa shape index (κ1) is 17.8. The summed E-state index contributed by atoms with van der Waals surface area (Å²) in [5.41, 5.74) is 3.23. The van der Waals surface area contributed by atoms with E-state index >= 15 is 0 Å². The van der Waals surface area contributed by atoms with Gasteiger partial charge in [-0.25, -0.2) is 4.98 Å². The number of aromatic nitrogens is 2. The Bertz CT molecular complexity index is 1180. The Balaban J connectivity index is 1.45. The lowest BCUT2D eigenvalue weighted by Gasteiger charge is -2.31. The normalized spacial score (nSPS) is 15.3. The van der Waals surface area contributed by atoms with Crippen molar-refractivity contribution in [3.05, 3.63) is 66.0 Å². The summed E-state index contributed by atoms with van der Waals surface area (Å²) in [5.74, 6) is 1.83. The number of fused-ring (bicyclic) bond motifs is 3. The number of hydrogen-bond donors (Lipinski definition) is 1. The van der Waals surface area contributed by atoms with Gasteiger partial charge >= 0.3 is 0 Å². The third-order valence-corrected chi connectivity index (χ3v) is 5.59. The molecule has 4 aromatic rings. The van der Waals surface area contributed by atoms with Crippen molar-refractivity contribution < 1.29 is 14.1 Å². The zero-order valence-electron chi connectivity index (χ0n) is 16.4. The van der Waals surface area contributed by atoms with Gasteiger partial charge in [-0.1, -0.05) is 37.3 Å². The summed E-state index contributed by atoms with van der Waals surface area (Å²) in [7, 11) is 0. The number of rotatable bonds is 3. The van der Waals surface area contributed by atoms with E-state index in [2.05, 4.69) is 6.92 Å². The SMILES string of the molecule is CCc1nc([NH+]2CCN(C(=O)c3ccccc3)CC2)c2oc3ccccc3c2n1. The van der Waals surface area contributed by atoms with Crippen molar-refractivity contribution in [1.29, 1.82) is 0 Å². The third kappa shape index (κ3) is 3.15. The van der Waals surface area contributed by atoms with E-state index in [0.29, 0.717) is 13.1 Å². The Labute approximate surface area is 168 Å². The van der Waals surface area contributed by atoms with Crippen molar-refractivity contribution in [1.82, 2.24) is 14.9 Å². The van der Waals surface area contributed by atoms with Gasteiger partial charge in [-0.3, -0.25) is 9.69 Å². The van der Waals surface area contributed by atoms with E-state index in [9.17, 15) is 4.79 Å². The molecule has 3 heterocycles. The number of amides is 1. The molecule has 2 aromatic carbocycles. The van der Waals surface area contributed by atoms with Crippen LogP contribution in [0.4, 0.5) is 5.82 Å². The Morgan fingerprint density at radius 3 is 2.52 bits per heavy atom. The molecule has 1 aliphatic rings. The second kappa shape index (κ2) is 7.29. The van der Waals surface area contributed by atoms with E-state index in [1.165, 1.54) is 4.90 Å².